The monoisotopic (exact) mass is 359 g/mol. The highest BCUT2D eigenvalue weighted by Crippen LogP contribution is 2.33. The van der Waals surface area contributed by atoms with E-state index >= 15 is 0 Å². The number of thioether (sulfide) groups is 1. The highest BCUT2D eigenvalue weighted by Gasteiger charge is 2.24. The molecule has 0 bridgehead atoms. The maximum absolute atomic E-state index is 12.2. The summed E-state index contributed by atoms with van der Waals surface area (Å²) in [5.41, 5.74) is 2.35. The van der Waals surface area contributed by atoms with Crippen molar-refractivity contribution in [2.24, 2.45) is 0 Å². The first-order valence-electron chi connectivity index (χ1n) is 9.07. The molecule has 3 rings (SSSR count). The van der Waals surface area contributed by atoms with E-state index in [9.17, 15) is 9.59 Å². The zero-order valence-corrected chi connectivity index (χ0v) is 15.3. The number of fused-ring (bicyclic) bond motifs is 1. The van der Waals surface area contributed by atoms with Gasteiger partial charge in [0.15, 0.2) is 0 Å². The van der Waals surface area contributed by atoms with E-state index in [1.807, 2.05) is 12.1 Å². The Balaban J connectivity index is 1.39. The molecule has 0 radical (unpaired) electrons. The minimum absolute atomic E-state index is 0.0710. The maximum Gasteiger partial charge on any atom is 0.237 e. The molecule has 1 aromatic rings. The van der Waals surface area contributed by atoms with Crippen LogP contribution >= 0.6 is 11.8 Å². The predicted molar refractivity (Wildman–Crippen MR) is 101 cm³/mol. The van der Waals surface area contributed by atoms with Crippen LogP contribution in [0.3, 0.4) is 0 Å². The van der Waals surface area contributed by atoms with Gasteiger partial charge in [-0.05, 0) is 50.7 Å². The van der Waals surface area contributed by atoms with Gasteiger partial charge in [0.25, 0.3) is 0 Å². The van der Waals surface area contributed by atoms with E-state index in [2.05, 4.69) is 16.4 Å². The van der Waals surface area contributed by atoms with E-state index in [4.69, 9.17) is 0 Å². The second kappa shape index (κ2) is 9.04. The first-order chi connectivity index (χ1) is 12.2. The molecule has 1 N–H and O–H groups in total. The van der Waals surface area contributed by atoms with Crippen LogP contribution < -0.4 is 10.2 Å². The number of nitrogens with zero attached hydrogens (tertiary/aromatic N) is 2. The van der Waals surface area contributed by atoms with Gasteiger partial charge < -0.3 is 10.2 Å². The third-order valence-electron chi connectivity index (χ3n) is 4.61. The first kappa shape index (κ1) is 18.0. The van der Waals surface area contributed by atoms with Crippen molar-refractivity contribution in [2.45, 2.75) is 50.0 Å². The highest BCUT2D eigenvalue weighted by atomic mass is 32.2. The van der Waals surface area contributed by atoms with E-state index in [1.165, 1.54) is 43.0 Å². The van der Waals surface area contributed by atoms with Crippen LogP contribution in [0.2, 0.25) is 0 Å². The third-order valence-corrected chi connectivity index (χ3v) is 5.59. The van der Waals surface area contributed by atoms with Gasteiger partial charge in [-0.1, -0.05) is 23.4 Å². The van der Waals surface area contributed by atoms with Gasteiger partial charge in [-0.25, -0.2) is 4.98 Å². The highest BCUT2D eigenvalue weighted by molar-refractivity contribution is 8.00. The number of aromatic nitrogens is 1. The maximum atomic E-state index is 12.2. The van der Waals surface area contributed by atoms with E-state index in [1.54, 1.807) is 11.1 Å². The molecule has 0 spiro atoms. The SMILES string of the molecule is O=C(CCCN1C(=O)CSc2ncccc21)NCCC1=CCCCC1. The smallest absolute Gasteiger partial charge is 0.237 e. The number of carbonyl (C=O) groups is 2. The lowest BCUT2D eigenvalue weighted by molar-refractivity contribution is -0.121. The Kier molecular flexibility index (Phi) is 6.50. The second-order valence-electron chi connectivity index (χ2n) is 6.47. The quantitative estimate of drug-likeness (QED) is 0.759. The summed E-state index contributed by atoms with van der Waals surface area (Å²) in [5, 5.41) is 3.89. The summed E-state index contributed by atoms with van der Waals surface area (Å²) >= 11 is 1.48. The minimum Gasteiger partial charge on any atom is -0.356 e. The molecule has 2 heterocycles. The van der Waals surface area contributed by atoms with Crippen LogP contribution in [-0.4, -0.2) is 35.6 Å². The fraction of sp³-hybridized carbons (Fsp3) is 0.526. The molecule has 2 aliphatic rings. The number of allylic oxidation sites excluding steroid dienone is 1. The van der Waals surface area contributed by atoms with Crippen molar-refractivity contribution in [2.75, 3.05) is 23.7 Å². The van der Waals surface area contributed by atoms with Crippen molar-refractivity contribution < 1.29 is 9.59 Å². The minimum atomic E-state index is 0.0710. The molecule has 134 valence electrons. The van der Waals surface area contributed by atoms with Crippen molar-refractivity contribution >= 4 is 29.3 Å². The van der Waals surface area contributed by atoms with Crippen LogP contribution in [0.25, 0.3) is 0 Å². The standard InChI is InChI=1S/C19H25N3O2S/c23-17(20-12-10-15-6-2-1-3-7-15)9-5-13-22-16-8-4-11-21-19(16)25-14-18(22)24/h4,6,8,11H,1-3,5,7,9-10,12-14H2,(H,20,23). The van der Waals surface area contributed by atoms with Crippen molar-refractivity contribution in [1.29, 1.82) is 0 Å². The lowest BCUT2D eigenvalue weighted by Crippen LogP contribution is -2.37. The lowest BCUT2D eigenvalue weighted by atomic mass is 9.97. The average Bonchev–Trinajstić information content (AvgIpc) is 2.64. The molecule has 1 aromatic heterocycles. The molecule has 25 heavy (non-hydrogen) atoms. The Morgan fingerprint density at radius 1 is 1.36 bits per heavy atom. The summed E-state index contributed by atoms with van der Waals surface area (Å²) in [7, 11) is 0. The van der Waals surface area contributed by atoms with Crippen LogP contribution in [0.1, 0.15) is 44.9 Å². The van der Waals surface area contributed by atoms with Crippen molar-refractivity contribution in [3.05, 3.63) is 30.0 Å². The van der Waals surface area contributed by atoms with Gasteiger partial charge >= 0.3 is 0 Å². The van der Waals surface area contributed by atoms with Crippen LogP contribution in [0.5, 0.6) is 0 Å². The Hall–Kier alpha value is -1.82. The average molecular weight is 359 g/mol. The summed E-state index contributed by atoms with van der Waals surface area (Å²) < 4.78 is 0. The molecule has 2 amide bonds. The number of hydrogen-bond acceptors (Lipinski definition) is 4. The summed E-state index contributed by atoms with van der Waals surface area (Å²) in [5.74, 6) is 0.586. The molecule has 0 saturated heterocycles. The number of rotatable bonds is 7. The van der Waals surface area contributed by atoms with Gasteiger partial charge in [0.2, 0.25) is 11.8 Å². The van der Waals surface area contributed by atoms with Crippen molar-refractivity contribution in [3.8, 4) is 0 Å². The number of carbonyl (C=O) groups excluding carboxylic acids is 2. The van der Waals surface area contributed by atoms with Gasteiger partial charge in [-0.15, -0.1) is 0 Å². The van der Waals surface area contributed by atoms with Crippen molar-refractivity contribution in [3.63, 3.8) is 0 Å². The Morgan fingerprint density at radius 3 is 3.12 bits per heavy atom. The fourth-order valence-corrected chi connectivity index (χ4v) is 4.14. The number of nitrogens with one attached hydrogen (secondary N) is 1. The van der Waals surface area contributed by atoms with E-state index in [0.717, 1.165) is 23.7 Å². The molecular formula is C19H25N3O2S. The summed E-state index contributed by atoms with van der Waals surface area (Å²) in [6.07, 6.45) is 11.1. The molecule has 1 aliphatic carbocycles. The second-order valence-corrected chi connectivity index (χ2v) is 7.44. The molecule has 0 saturated carbocycles. The normalized spacial score (nSPS) is 17.0. The molecule has 0 fully saturated rings. The molecule has 0 aromatic carbocycles. The molecule has 5 nitrogen and oxygen atoms in total. The van der Waals surface area contributed by atoms with E-state index in [0.29, 0.717) is 25.1 Å². The fourth-order valence-electron chi connectivity index (χ4n) is 3.27. The van der Waals surface area contributed by atoms with E-state index < -0.39 is 0 Å². The topological polar surface area (TPSA) is 62.3 Å². The number of hydrogen-bond donors (Lipinski definition) is 1. The first-order valence-corrected chi connectivity index (χ1v) is 10.1. The largest absolute Gasteiger partial charge is 0.356 e. The summed E-state index contributed by atoms with van der Waals surface area (Å²) in [6, 6.07) is 3.77. The number of amides is 2. The van der Waals surface area contributed by atoms with Crippen molar-refractivity contribution in [1.82, 2.24) is 10.3 Å². The van der Waals surface area contributed by atoms with Gasteiger partial charge in [0.05, 0.1) is 11.4 Å². The molecule has 1 aliphatic heterocycles. The Morgan fingerprint density at radius 2 is 2.28 bits per heavy atom. The molecule has 6 heteroatoms. The molecule has 0 unspecified atom stereocenters. The van der Waals surface area contributed by atoms with Crippen LogP contribution in [0, 0.1) is 0 Å². The van der Waals surface area contributed by atoms with Gasteiger partial charge in [0.1, 0.15) is 5.03 Å². The summed E-state index contributed by atoms with van der Waals surface area (Å²) in [4.78, 5) is 30.2. The Bertz CT molecular complexity index is 660. The predicted octanol–water partition coefficient (Wildman–Crippen LogP) is 3.31. The molecule has 0 atom stereocenters. The zero-order valence-electron chi connectivity index (χ0n) is 14.5. The van der Waals surface area contributed by atoms with Gasteiger partial charge in [0, 0.05) is 25.7 Å². The lowest BCUT2D eigenvalue weighted by Gasteiger charge is -2.28. The van der Waals surface area contributed by atoms with Gasteiger partial charge in [-0.2, -0.15) is 0 Å². The number of pyridine rings is 1. The number of anilines is 1. The van der Waals surface area contributed by atoms with Crippen LogP contribution in [-0.2, 0) is 9.59 Å². The van der Waals surface area contributed by atoms with Gasteiger partial charge in [-0.3, -0.25) is 9.59 Å². The Labute approximate surface area is 153 Å². The third kappa shape index (κ3) is 5.08. The van der Waals surface area contributed by atoms with Crippen LogP contribution in [0.15, 0.2) is 35.0 Å². The molecular weight excluding hydrogens is 334 g/mol. The summed E-state index contributed by atoms with van der Waals surface area (Å²) in [6.45, 7) is 1.29. The zero-order chi connectivity index (χ0) is 17.5. The van der Waals surface area contributed by atoms with E-state index in [-0.39, 0.29) is 11.8 Å². The van der Waals surface area contributed by atoms with Crippen LogP contribution in [0.4, 0.5) is 5.69 Å².